The third kappa shape index (κ3) is 5.46. The number of alkyl halides is 6. The molecule has 0 spiro atoms. The summed E-state index contributed by atoms with van der Waals surface area (Å²) in [6, 6.07) is 6.20. The van der Waals surface area contributed by atoms with Crippen molar-refractivity contribution >= 4 is 36.1 Å². The zero-order chi connectivity index (χ0) is 20.4. The van der Waals surface area contributed by atoms with E-state index in [1.807, 2.05) is 0 Å². The molecule has 3 nitrogen and oxygen atoms in total. The van der Waals surface area contributed by atoms with Gasteiger partial charge in [0, 0.05) is 11.6 Å². The zero-order valence-corrected chi connectivity index (χ0v) is 14.8. The molecule has 0 aliphatic heterocycles. The molecule has 2 aromatic carbocycles. The third-order valence-corrected chi connectivity index (χ3v) is 4.18. The Morgan fingerprint density at radius 3 is 2.00 bits per heavy atom. The molecular weight excluding hydrogens is 418 g/mol. The minimum atomic E-state index is -5.03. The van der Waals surface area contributed by atoms with Crippen molar-refractivity contribution in [3.05, 3.63) is 64.2 Å². The van der Waals surface area contributed by atoms with Crippen LogP contribution in [0, 0.1) is 0 Å². The maximum Gasteiger partial charge on any atom is 0.416 e. The average Bonchev–Trinajstić information content (AvgIpc) is 2.58. The molecule has 0 aromatic heterocycles. The van der Waals surface area contributed by atoms with E-state index in [2.05, 4.69) is 18.1 Å². The molecule has 2 rings (SSSR count). The van der Waals surface area contributed by atoms with Crippen LogP contribution in [0.3, 0.4) is 0 Å². The van der Waals surface area contributed by atoms with E-state index >= 15 is 0 Å². The molecule has 0 saturated heterocycles. The van der Waals surface area contributed by atoms with Gasteiger partial charge in [-0.1, -0.05) is 42.6 Å². The van der Waals surface area contributed by atoms with Crippen molar-refractivity contribution in [1.82, 2.24) is 5.32 Å². The number of carbonyl (C=O) groups excluding carboxylic acids is 1. The Hall–Kier alpha value is -2.07. The summed E-state index contributed by atoms with van der Waals surface area (Å²) in [5, 5.41) is 2.65. The lowest BCUT2D eigenvalue weighted by Gasteiger charge is -2.20. The molecule has 0 bridgehead atoms. The van der Waals surface area contributed by atoms with Crippen LogP contribution < -0.4 is 9.62 Å². The summed E-state index contributed by atoms with van der Waals surface area (Å²) in [6.45, 7) is -0.0966. The third-order valence-electron chi connectivity index (χ3n) is 3.40. The highest BCUT2D eigenvalue weighted by molar-refractivity contribution is 7.82. The molecule has 0 heterocycles. The van der Waals surface area contributed by atoms with E-state index in [1.54, 1.807) is 24.3 Å². The fraction of sp³-hybridized carbons (Fsp3) is 0.188. The van der Waals surface area contributed by atoms with Crippen LogP contribution in [0.25, 0.3) is 0 Å². The number of halogens is 7. The quantitative estimate of drug-likeness (QED) is 0.460. The Morgan fingerprint density at radius 1 is 1.00 bits per heavy atom. The first-order valence-electron chi connectivity index (χ1n) is 7.19. The second-order valence-corrected chi connectivity index (χ2v) is 6.13. The smallest absolute Gasteiger partial charge is 0.333 e. The van der Waals surface area contributed by atoms with Crippen molar-refractivity contribution in [1.29, 1.82) is 0 Å². The lowest BCUT2D eigenvalue weighted by atomic mass is 10.1. The number of benzene rings is 2. The molecule has 2 amide bonds. The minimum absolute atomic E-state index is 0.0350. The first-order valence-corrected chi connectivity index (χ1v) is 7.97. The Labute approximate surface area is 160 Å². The van der Waals surface area contributed by atoms with Gasteiger partial charge in [-0.3, -0.25) is 0 Å². The summed E-state index contributed by atoms with van der Waals surface area (Å²) >= 11 is 9.64. The summed E-state index contributed by atoms with van der Waals surface area (Å²) in [7, 11) is 0. The van der Waals surface area contributed by atoms with Gasteiger partial charge in [-0.05, 0) is 29.8 Å². The SMILES string of the molecule is O=C(NCc1ccccc1Cl)N(S)c1cc(C(F)(F)F)cc(C(F)(F)F)c1. The van der Waals surface area contributed by atoms with Crippen LogP contribution in [0.2, 0.25) is 5.02 Å². The van der Waals surface area contributed by atoms with E-state index in [-0.39, 0.29) is 12.6 Å². The Morgan fingerprint density at radius 2 is 1.52 bits per heavy atom. The fourth-order valence-electron chi connectivity index (χ4n) is 2.07. The summed E-state index contributed by atoms with van der Waals surface area (Å²) in [6.07, 6.45) is -10.1. The Bertz CT molecular complexity index is 808. The van der Waals surface area contributed by atoms with Crippen LogP contribution in [-0.4, -0.2) is 6.03 Å². The van der Waals surface area contributed by atoms with Gasteiger partial charge in [0.05, 0.1) is 16.8 Å². The second-order valence-electron chi connectivity index (χ2n) is 5.33. The minimum Gasteiger partial charge on any atom is -0.333 e. The largest absolute Gasteiger partial charge is 0.416 e. The predicted octanol–water partition coefficient (Wildman–Crippen LogP) is 5.94. The van der Waals surface area contributed by atoms with Crippen LogP contribution in [-0.2, 0) is 18.9 Å². The standard InChI is InChI=1S/C16H11ClF6N2OS/c17-13-4-2-1-3-9(13)8-24-14(26)25(27)12-6-10(15(18,19)20)5-11(7-12)16(21,22)23/h1-7,27H,8H2,(H,24,26). The molecular formula is C16H11ClF6N2OS. The molecule has 0 saturated carbocycles. The highest BCUT2D eigenvalue weighted by Gasteiger charge is 2.37. The normalized spacial score (nSPS) is 12.0. The predicted molar refractivity (Wildman–Crippen MR) is 91.6 cm³/mol. The van der Waals surface area contributed by atoms with Gasteiger partial charge in [-0.15, -0.1) is 0 Å². The van der Waals surface area contributed by atoms with Gasteiger partial charge in [0.25, 0.3) is 0 Å². The van der Waals surface area contributed by atoms with Crippen molar-refractivity contribution in [2.24, 2.45) is 0 Å². The Balaban J connectivity index is 2.27. The molecule has 11 heteroatoms. The number of rotatable bonds is 3. The van der Waals surface area contributed by atoms with Gasteiger partial charge >= 0.3 is 18.4 Å². The Kier molecular flexibility index (Phi) is 6.21. The van der Waals surface area contributed by atoms with E-state index in [0.717, 1.165) is 0 Å². The van der Waals surface area contributed by atoms with Gasteiger partial charge in [-0.2, -0.15) is 26.3 Å². The van der Waals surface area contributed by atoms with E-state index in [0.29, 0.717) is 27.0 Å². The summed E-state index contributed by atoms with van der Waals surface area (Å²) < 4.78 is 77.7. The zero-order valence-electron chi connectivity index (χ0n) is 13.2. The molecule has 1 N–H and O–H groups in total. The second kappa shape index (κ2) is 7.89. The molecule has 0 aliphatic rings. The fourth-order valence-corrected chi connectivity index (χ4v) is 2.45. The van der Waals surface area contributed by atoms with Crippen molar-refractivity contribution in [3.63, 3.8) is 0 Å². The number of nitrogens with zero attached hydrogens (tertiary/aromatic N) is 1. The molecule has 0 radical (unpaired) electrons. The van der Waals surface area contributed by atoms with E-state index in [4.69, 9.17) is 11.6 Å². The van der Waals surface area contributed by atoms with Crippen LogP contribution in [0.15, 0.2) is 42.5 Å². The van der Waals surface area contributed by atoms with E-state index in [1.165, 1.54) is 0 Å². The summed E-state index contributed by atoms with van der Waals surface area (Å²) in [5.41, 5.74) is -3.28. The number of anilines is 1. The summed E-state index contributed by atoms with van der Waals surface area (Å²) in [4.78, 5) is 12.1. The molecule has 27 heavy (non-hydrogen) atoms. The molecule has 0 fully saturated rings. The molecule has 146 valence electrons. The van der Waals surface area contributed by atoms with Crippen molar-refractivity contribution < 1.29 is 31.1 Å². The number of nitrogens with one attached hydrogen (secondary N) is 1. The van der Waals surface area contributed by atoms with Crippen LogP contribution in [0.5, 0.6) is 0 Å². The first-order chi connectivity index (χ1) is 12.4. The monoisotopic (exact) mass is 428 g/mol. The molecule has 2 aromatic rings. The van der Waals surface area contributed by atoms with Crippen molar-refractivity contribution in [3.8, 4) is 0 Å². The maximum atomic E-state index is 12.9. The van der Waals surface area contributed by atoms with Crippen LogP contribution in [0.1, 0.15) is 16.7 Å². The number of amides is 2. The highest BCUT2D eigenvalue weighted by atomic mass is 35.5. The lowest BCUT2D eigenvalue weighted by Crippen LogP contribution is -2.34. The number of thiol groups is 1. The molecule has 0 atom stereocenters. The number of urea groups is 1. The van der Waals surface area contributed by atoms with Crippen molar-refractivity contribution in [2.75, 3.05) is 4.31 Å². The van der Waals surface area contributed by atoms with Gasteiger partial charge in [0.2, 0.25) is 0 Å². The van der Waals surface area contributed by atoms with Crippen molar-refractivity contribution in [2.45, 2.75) is 18.9 Å². The van der Waals surface area contributed by atoms with Gasteiger partial charge in [-0.25, -0.2) is 9.10 Å². The van der Waals surface area contributed by atoms with E-state index < -0.39 is 35.2 Å². The maximum absolute atomic E-state index is 12.9. The summed E-state index contributed by atoms with van der Waals surface area (Å²) in [5.74, 6) is 0. The van der Waals surface area contributed by atoms with Crippen LogP contribution >= 0.6 is 24.4 Å². The lowest BCUT2D eigenvalue weighted by molar-refractivity contribution is -0.143. The number of hydrogen-bond acceptors (Lipinski definition) is 2. The average molecular weight is 429 g/mol. The first kappa shape index (κ1) is 21.2. The van der Waals surface area contributed by atoms with Gasteiger partial charge in [0.1, 0.15) is 0 Å². The highest BCUT2D eigenvalue weighted by Crippen LogP contribution is 2.38. The number of carbonyl (C=O) groups is 1. The molecule has 0 aliphatic carbocycles. The topological polar surface area (TPSA) is 32.3 Å². The van der Waals surface area contributed by atoms with Gasteiger partial charge < -0.3 is 5.32 Å². The molecule has 0 unspecified atom stereocenters. The van der Waals surface area contributed by atoms with Crippen LogP contribution in [0.4, 0.5) is 36.8 Å². The van der Waals surface area contributed by atoms with Gasteiger partial charge in [0.15, 0.2) is 0 Å². The number of hydrogen-bond donors (Lipinski definition) is 2. The van der Waals surface area contributed by atoms with E-state index in [9.17, 15) is 31.1 Å².